The number of thiazole rings is 1. The van der Waals surface area contributed by atoms with Crippen LogP contribution in [0.1, 0.15) is 5.01 Å². The van der Waals surface area contributed by atoms with Crippen LogP contribution in [-0.2, 0) is 4.74 Å². The van der Waals surface area contributed by atoms with Crippen molar-refractivity contribution in [2.75, 3.05) is 27.2 Å². The van der Waals surface area contributed by atoms with Crippen molar-refractivity contribution in [3.05, 3.63) is 16.6 Å². The Morgan fingerprint density at radius 2 is 2.44 bits per heavy atom. The standard InChI is InChI=1S/C10H16N3O2S/c1-9-13(5-7-16-9)10(14)15-6-4-11-8-12(2)3/h5,7-8H,4,6H2,1-3H3/q+1. The van der Waals surface area contributed by atoms with Crippen LogP contribution in [0.5, 0.6) is 0 Å². The van der Waals surface area contributed by atoms with Gasteiger partial charge < -0.3 is 9.64 Å². The van der Waals surface area contributed by atoms with Crippen LogP contribution in [0.15, 0.2) is 16.6 Å². The highest BCUT2D eigenvalue weighted by Crippen LogP contribution is 1.99. The first-order valence-electron chi connectivity index (χ1n) is 4.90. The third kappa shape index (κ3) is 3.98. The molecule has 0 aliphatic carbocycles. The van der Waals surface area contributed by atoms with E-state index in [9.17, 15) is 4.79 Å². The highest BCUT2D eigenvalue weighted by Gasteiger charge is 2.19. The molecule has 0 fully saturated rings. The predicted octanol–water partition coefficient (Wildman–Crippen LogP) is 0.919. The van der Waals surface area contributed by atoms with Gasteiger partial charge in [-0.2, -0.15) is 4.79 Å². The number of carbonyl (C=O) groups is 1. The topological polar surface area (TPSA) is 45.8 Å². The summed E-state index contributed by atoms with van der Waals surface area (Å²) in [5.41, 5.74) is 0. The highest BCUT2D eigenvalue weighted by molar-refractivity contribution is 7.09. The fraction of sp³-hybridized carbons (Fsp3) is 0.500. The van der Waals surface area contributed by atoms with Gasteiger partial charge in [0, 0.05) is 21.0 Å². The Labute approximate surface area is 99.0 Å². The molecule has 0 unspecified atom stereocenters. The van der Waals surface area contributed by atoms with Crippen molar-refractivity contribution in [1.82, 2.24) is 4.90 Å². The molecule has 0 atom stereocenters. The van der Waals surface area contributed by atoms with Crippen LogP contribution in [0, 0.1) is 6.92 Å². The van der Waals surface area contributed by atoms with Gasteiger partial charge in [0.15, 0.2) is 6.20 Å². The van der Waals surface area contributed by atoms with E-state index in [-0.39, 0.29) is 6.09 Å². The molecule has 1 heterocycles. The molecule has 1 aromatic heterocycles. The lowest BCUT2D eigenvalue weighted by Gasteiger charge is -2.01. The smallest absolute Gasteiger partial charge is 0.410 e. The quantitative estimate of drug-likeness (QED) is 0.341. The van der Waals surface area contributed by atoms with E-state index >= 15 is 0 Å². The lowest BCUT2D eigenvalue weighted by Crippen LogP contribution is -2.43. The predicted molar refractivity (Wildman–Crippen MR) is 63.0 cm³/mol. The third-order valence-electron chi connectivity index (χ3n) is 1.74. The second-order valence-corrected chi connectivity index (χ2v) is 4.49. The number of aromatic nitrogens is 1. The number of nitrogens with zero attached hydrogens (tertiary/aromatic N) is 3. The summed E-state index contributed by atoms with van der Waals surface area (Å²) in [6.45, 7) is 2.65. The van der Waals surface area contributed by atoms with Crippen molar-refractivity contribution in [3.63, 3.8) is 0 Å². The number of hydrogen-bond acceptors (Lipinski definition) is 4. The van der Waals surface area contributed by atoms with Crippen molar-refractivity contribution < 1.29 is 14.1 Å². The van der Waals surface area contributed by atoms with E-state index in [4.69, 9.17) is 4.74 Å². The van der Waals surface area contributed by atoms with Crippen LogP contribution in [-0.4, -0.2) is 44.6 Å². The Morgan fingerprint density at radius 1 is 1.69 bits per heavy atom. The molecule has 0 N–H and O–H groups in total. The van der Waals surface area contributed by atoms with Crippen molar-refractivity contribution >= 4 is 23.8 Å². The van der Waals surface area contributed by atoms with Crippen LogP contribution < -0.4 is 4.57 Å². The van der Waals surface area contributed by atoms with E-state index in [1.165, 1.54) is 15.9 Å². The van der Waals surface area contributed by atoms with E-state index in [2.05, 4.69) is 4.99 Å². The molecule has 0 aliphatic heterocycles. The van der Waals surface area contributed by atoms with Gasteiger partial charge in [-0.3, -0.25) is 4.99 Å². The first-order chi connectivity index (χ1) is 7.61. The second kappa shape index (κ2) is 6.22. The summed E-state index contributed by atoms with van der Waals surface area (Å²) < 4.78 is 6.53. The van der Waals surface area contributed by atoms with E-state index in [0.717, 1.165) is 5.01 Å². The number of ether oxygens (including phenoxy) is 1. The Balaban J connectivity index is 2.29. The zero-order valence-corrected chi connectivity index (χ0v) is 10.5. The van der Waals surface area contributed by atoms with E-state index in [0.29, 0.717) is 13.2 Å². The van der Waals surface area contributed by atoms with E-state index < -0.39 is 0 Å². The fourth-order valence-corrected chi connectivity index (χ4v) is 1.65. The van der Waals surface area contributed by atoms with E-state index in [1.54, 1.807) is 12.5 Å². The van der Waals surface area contributed by atoms with Crippen LogP contribution in [0.2, 0.25) is 0 Å². The summed E-state index contributed by atoms with van der Waals surface area (Å²) in [5, 5.41) is 2.75. The van der Waals surface area contributed by atoms with E-state index in [1.807, 2.05) is 31.3 Å². The third-order valence-corrected chi connectivity index (χ3v) is 2.54. The Kier molecular flexibility index (Phi) is 4.91. The molecule has 1 aromatic rings. The van der Waals surface area contributed by atoms with Gasteiger partial charge in [0.25, 0.3) is 0 Å². The maximum atomic E-state index is 11.5. The average molecular weight is 242 g/mol. The van der Waals surface area contributed by atoms with Gasteiger partial charge in [0.2, 0.25) is 5.01 Å². The van der Waals surface area contributed by atoms with Gasteiger partial charge in [-0.1, -0.05) is 15.9 Å². The minimum atomic E-state index is -0.348. The van der Waals surface area contributed by atoms with Crippen molar-refractivity contribution in [1.29, 1.82) is 0 Å². The molecule has 0 spiro atoms. The Hall–Kier alpha value is -1.43. The van der Waals surface area contributed by atoms with Crippen LogP contribution in [0.25, 0.3) is 0 Å². The average Bonchev–Trinajstić information content (AvgIpc) is 2.63. The normalized spacial score (nSPS) is 10.7. The van der Waals surface area contributed by atoms with Crippen LogP contribution in [0.4, 0.5) is 4.79 Å². The number of carbonyl (C=O) groups excluding carboxylic acids is 1. The lowest BCUT2D eigenvalue weighted by molar-refractivity contribution is -0.587. The monoisotopic (exact) mass is 242 g/mol. The molecule has 88 valence electrons. The summed E-state index contributed by atoms with van der Waals surface area (Å²) >= 11 is 1.51. The van der Waals surface area contributed by atoms with Crippen molar-refractivity contribution in [2.45, 2.75) is 6.92 Å². The summed E-state index contributed by atoms with van der Waals surface area (Å²) in [7, 11) is 3.78. The Morgan fingerprint density at radius 3 is 3.00 bits per heavy atom. The maximum absolute atomic E-state index is 11.5. The molecular formula is C10H16N3O2S+. The van der Waals surface area contributed by atoms with Crippen LogP contribution >= 0.6 is 11.3 Å². The first-order valence-corrected chi connectivity index (χ1v) is 5.78. The molecule has 6 heteroatoms. The van der Waals surface area contributed by atoms with Gasteiger partial charge in [-0.25, -0.2) is 0 Å². The number of aryl methyl sites for hydroxylation is 1. The SMILES string of the molecule is Cc1scc[n+]1C(=O)OCCN=CN(C)C. The lowest BCUT2D eigenvalue weighted by atomic mass is 10.7. The summed E-state index contributed by atoms with van der Waals surface area (Å²) in [6.07, 6.45) is 3.04. The van der Waals surface area contributed by atoms with Gasteiger partial charge in [0.1, 0.15) is 6.61 Å². The molecule has 0 radical (unpaired) electrons. The zero-order chi connectivity index (χ0) is 12.0. The number of hydrogen-bond donors (Lipinski definition) is 0. The van der Waals surface area contributed by atoms with Crippen molar-refractivity contribution in [2.24, 2.45) is 4.99 Å². The molecule has 0 aliphatic rings. The molecule has 5 nitrogen and oxygen atoms in total. The molecule has 0 saturated carbocycles. The zero-order valence-electron chi connectivity index (χ0n) is 9.71. The highest BCUT2D eigenvalue weighted by atomic mass is 32.1. The first kappa shape index (κ1) is 12.6. The summed E-state index contributed by atoms with van der Waals surface area (Å²) in [5.74, 6) is 0. The van der Waals surface area contributed by atoms with Gasteiger partial charge >= 0.3 is 6.09 Å². The molecule has 16 heavy (non-hydrogen) atoms. The number of aliphatic imine (C=N–C) groups is 1. The molecule has 0 amide bonds. The van der Waals surface area contributed by atoms with Crippen LogP contribution in [0.3, 0.4) is 0 Å². The molecule has 0 saturated heterocycles. The maximum Gasteiger partial charge on any atom is 0.602 e. The minimum absolute atomic E-state index is 0.297. The van der Waals surface area contributed by atoms with Gasteiger partial charge in [-0.15, -0.1) is 0 Å². The summed E-state index contributed by atoms with van der Waals surface area (Å²) in [6, 6.07) is 0. The molecule has 0 bridgehead atoms. The summed E-state index contributed by atoms with van der Waals surface area (Å²) in [4.78, 5) is 17.4. The second-order valence-electron chi connectivity index (χ2n) is 3.39. The minimum Gasteiger partial charge on any atom is -0.410 e. The molecule has 1 rings (SSSR count). The van der Waals surface area contributed by atoms with Crippen molar-refractivity contribution in [3.8, 4) is 0 Å². The molecule has 0 aromatic carbocycles. The number of rotatable bonds is 4. The largest absolute Gasteiger partial charge is 0.602 e. The molecular weight excluding hydrogens is 226 g/mol. The Bertz CT molecular complexity index is 374. The fourth-order valence-electron chi connectivity index (χ4n) is 1.02. The van der Waals surface area contributed by atoms with Gasteiger partial charge in [0.05, 0.1) is 18.3 Å². The van der Waals surface area contributed by atoms with Gasteiger partial charge in [-0.05, 0) is 0 Å².